The zero-order valence-electron chi connectivity index (χ0n) is 18.6. The number of benzene rings is 1. The molecular formula is C22H29N5O4. The molecule has 31 heavy (non-hydrogen) atoms. The molecule has 0 spiro atoms. The van der Waals surface area contributed by atoms with Gasteiger partial charge in [-0.1, -0.05) is 6.07 Å². The predicted molar refractivity (Wildman–Crippen MR) is 118 cm³/mol. The van der Waals surface area contributed by atoms with Crippen LogP contribution in [0.15, 0.2) is 30.6 Å². The van der Waals surface area contributed by atoms with Crippen LogP contribution in [0.25, 0.3) is 11.1 Å². The molecule has 1 aliphatic heterocycles. The zero-order chi connectivity index (χ0) is 22.7. The van der Waals surface area contributed by atoms with E-state index in [1.807, 2.05) is 32.0 Å². The Hall–Kier alpha value is -3.36. The van der Waals surface area contributed by atoms with Gasteiger partial charge in [-0.25, -0.2) is 4.79 Å². The lowest BCUT2D eigenvalue weighted by Gasteiger charge is -2.40. The molecule has 0 bridgehead atoms. The standard InChI is InChI=1S/C22H29N5O4/c1-6-23-21(29)13-25-12-18(10-24-25)17-7-8-19-20(9-17)26(22(30)31-14(2)3)11-15(4)27(19)16(5)28/h7-10,12,14-15H,6,11,13H2,1-5H3,(H,23,29). The fraction of sp³-hybridized carbons (Fsp3) is 0.455. The molecule has 2 heterocycles. The number of amides is 3. The highest BCUT2D eigenvalue weighted by atomic mass is 16.6. The van der Waals surface area contributed by atoms with E-state index in [-0.39, 0.29) is 30.5 Å². The SMILES string of the molecule is CCNC(=O)Cn1cc(-c2ccc3c(c2)N(C(=O)OC(C)C)CC(C)N3C(C)=O)cn1. The predicted octanol–water partition coefficient (Wildman–Crippen LogP) is 2.79. The Balaban J connectivity index is 1.98. The topological polar surface area (TPSA) is 96.8 Å². The summed E-state index contributed by atoms with van der Waals surface area (Å²) in [6.45, 7) is 9.90. The van der Waals surface area contributed by atoms with E-state index in [0.717, 1.165) is 11.1 Å². The van der Waals surface area contributed by atoms with Gasteiger partial charge < -0.3 is 15.0 Å². The first-order valence-electron chi connectivity index (χ1n) is 10.4. The second kappa shape index (κ2) is 9.20. The van der Waals surface area contributed by atoms with Gasteiger partial charge >= 0.3 is 6.09 Å². The van der Waals surface area contributed by atoms with E-state index in [1.165, 1.54) is 6.92 Å². The van der Waals surface area contributed by atoms with E-state index in [9.17, 15) is 14.4 Å². The van der Waals surface area contributed by atoms with Crippen LogP contribution in [-0.2, 0) is 20.9 Å². The van der Waals surface area contributed by atoms with E-state index in [2.05, 4.69) is 10.4 Å². The third kappa shape index (κ3) is 4.87. The van der Waals surface area contributed by atoms with Gasteiger partial charge in [0.2, 0.25) is 11.8 Å². The first kappa shape index (κ1) is 22.3. The molecule has 1 atom stereocenters. The van der Waals surface area contributed by atoms with Crippen LogP contribution >= 0.6 is 0 Å². The Labute approximate surface area is 182 Å². The monoisotopic (exact) mass is 427 g/mol. The highest BCUT2D eigenvalue weighted by molar-refractivity contribution is 6.03. The summed E-state index contributed by atoms with van der Waals surface area (Å²) in [5.41, 5.74) is 2.89. The van der Waals surface area contributed by atoms with Gasteiger partial charge in [0, 0.05) is 31.8 Å². The van der Waals surface area contributed by atoms with Crippen LogP contribution in [0, 0.1) is 0 Å². The van der Waals surface area contributed by atoms with Crippen molar-refractivity contribution in [2.24, 2.45) is 0 Å². The number of hydrogen-bond acceptors (Lipinski definition) is 5. The van der Waals surface area contributed by atoms with Crippen molar-refractivity contribution >= 4 is 29.3 Å². The number of aromatic nitrogens is 2. The van der Waals surface area contributed by atoms with E-state index in [1.54, 1.807) is 40.7 Å². The van der Waals surface area contributed by atoms with Crippen LogP contribution in [0.3, 0.4) is 0 Å². The van der Waals surface area contributed by atoms with Gasteiger partial charge in [-0.15, -0.1) is 0 Å². The molecular weight excluding hydrogens is 398 g/mol. The van der Waals surface area contributed by atoms with Crippen molar-refractivity contribution < 1.29 is 19.1 Å². The van der Waals surface area contributed by atoms with Gasteiger partial charge in [0.15, 0.2) is 0 Å². The van der Waals surface area contributed by atoms with E-state index >= 15 is 0 Å². The highest BCUT2D eigenvalue weighted by Crippen LogP contribution is 2.39. The van der Waals surface area contributed by atoms with Crippen LogP contribution < -0.4 is 15.1 Å². The van der Waals surface area contributed by atoms with E-state index in [4.69, 9.17) is 4.74 Å². The van der Waals surface area contributed by atoms with Crippen molar-refractivity contribution in [3.8, 4) is 11.1 Å². The van der Waals surface area contributed by atoms with Gasteiger partial charge in [-0.2, -0.15) is 5.10 Å². The summed E-state index contributed by atoms with van der Waals surface area (Å²) in [5.74, 6) is -0.204. The van der Waals surface area contributed by atoms with Crippen molar-refractivity contribution in [3.05, 3.63) is 30.6 Å². The van der Waals surface area contributed by atoms with Crippen molar-refractivity contribution in [3.63, 3.8) is 0 Å². The van der Waals surface area contributed by atoms with Crippen LogP contribution in [-0.4, -0.2) is 52.9 Å². The van der Waals surface area contributed by atoms with Crippen molar-refractivity contribution in [2.75, 3.05) is 22.9 Å². The Morgan fingerprint density at radius 2 is 1.97 bits per heavy atom. The average molecular weight is 428 g/mol. The molecule has 0 aliphatic carbocycles. The first-order chi connectivity index (χ1) is 14.7. The number of ether oxygens (including phenoxy) is 1. The molecule has 0 saturated heterocycles. The Morgan fingerprint density at radius 3 is 2.61 bits per heavy atom. The average Bonchev–Trinajstić information content (AvgIpc) is 3.14. The first-order valence-corrected chi connectivity index (χ1v) is 10.4. The number of nitrogens with one attached hydrogen (secondary N) is 1. The maximum Gasteiger partial charge on any atom is 0.414 e. The summed E-state index contributed by atoms with van der Waals surface area (Å²) < 4.78 is 6.99. The van der Waals surface area contributed by atoms with Crippen LogP contribution in [0.5, 0.6) is 0 Å². The third-order valence-corrected chi connectivity index (χ3v) is 4.96. The Morgan fingerprint density at radius 1 is 1.23 bits per heavy atom. The molecule has 1 aromatic carbocycles. The van der Waals surface area contributed by atoms with Crippen LogP contribution in [0.4, 0.5) is 16.2 Å². The minimum Gasteiger partial charge on any atom is -0.446 e. The Bertz CT molecular complexity index is 984. The number of anilines is 2. The molecule has 1 aromatic heterocycles. The fourth-order valence-electron chi connectivity index (χ4n) is 3.72. The molecule has 0 radical (unpaired) electrons. The maximum absolute atomic E-state index is 12.8. The van der Waals surface area contributed by atoms with Gasteiger partial charge in [0.05, 0.1) is 29.7 Å². The number of rotatable bonds is 5. The number of likely N-dealkylation sites (N-methyl/N-ethyl adjacent to an activating group) is 1. The van der Waals surface area contributed by atoms with E-state index in [0.29, 0.717) is 24.5 Å². The molecule has 9 nitrogen and oxygen atoms in total. The number of carbonyl (C=O) groups is 3. The second-order valence-electron chi connectivity index (χ2n) is 7.86. The summed E-state index contributed by atoms with van der Waals surface area (Å²) in [5, 5.41) is 7.00. The normalized spacial score (nSPS) is 15.6. The molecule has 1 aliphatic rings. The van der Waals surface area contributed by atoms with Crippen molar-refractivity contribution in [1.82, 2.24) is 15.1 Å². The quantitative estimate of drug-likeness (QED) is 0.791. The molecule has 0 fully saturated rings. The van der Waals surface area contributed by atoms with E-state index < -0.39 is 6.09 Å². The molecule has 3 amide bonds. The van der Waals surface area contributed by atoms with Gasteiger partial charge in [0.25, 0.3) is 0 Å². The third-order valence-electron chi connectivity index (χ3n) is 4.96. The number of carbonyl (C=O) groups excluding carboxylic acids is 3. The lowest BCUT2D eigenvalue weighted by atomic mass is 10.0. The minimum atomic E-state index is -0.449. The molecule has 2 aromatic rings. The van der Waals surface area contributed by atoms with Crippen molar-refractivity contribution in [2.45, 2.75) is 53.3 Å². The lowest BCUT2D eigenvalue weighted by Crippen LogP contribution is -2.51. The zero-order valence-corrected chi connectivity index (χ0v) is 18.6. The smallest absolute Gasteiger partial charge is 0.414 e. The fourth-order valence-corrected chi connectivity index (χ4v) is 3.72. The second-order valence-corrected chi connectivity index (χ2v) is 7.86. The number of nitrogens with zero attached hydrogens (tertiary/aromatic N) is 4. The van der Waals surface area contributed by atoms with Gasteiger partial charge in [-0.05, 0) is 45.4 Å². The largest absolute Gasteiger partial charge is 0.446 e. The summed E-state index contributed by atoms with van der Waals surface area (Å²) in [6.07, 6.45) is 2.75. The summed E-state index contributed by atoms with van der Waals surface area (Å²) in [4.78, 5) is 40.1. The summed E-state index contributed by atoms with van der Waals surface area (Å²) in [6, 6.07) is 5.38. The van der Waals surface area contributed by atoms with Crippen LogP contribution in [0.2, 0.25) is 0 Å². The lowest BCUT2D eigenvalue weighted by molar-refractivity contribution is -0.121. The molecule has 1 unspecified atom stereocenters. The Kier molecular flexibility index (Phi) is 6.62. The summed E-state index contributed by atoms with van der Waals surface area (Å²) in [7, 11) is 0. The highest BCUT2D eigenvalue weighted by Gasteiger charge is 2.34. The molecule has 0 saturated carbocycles. The number of fused-ring (bicyclic) bond motifs is 1. The minimum absolute atomic E-state index is 0.0897. The number of hydrogen-bond donors (Lipinski definition) is 1. The van der Waals surface area contributed by atoms with Gasteiger partial charge in [0.1, 0.15) is 6.54 Å². The maximum atomic E-state index is 12.8. The molecule has 166 valence electrons. The summed E-state index contributed by atoms with van der Waals surface area (Å²) >= 11 is 0. The van der Waals surface area contributed by atoms with Crippen LogP contribution in [0.1, 0.15) is 34.6 Å². The molecule has 3 rings (SSSR count). The molecule has 1 N–H and O–H groups in total. The van der Waals surface area contributed by atoms with Gasteiger partial charge in [-0.3, -0.25) is 19.2 Å². The van der Waals surface area contributed by atoms with Crippen molar-refractivity contribution in [1.29, 1.82) is 0 Å². The molecule has 9 heteroatoms.